The minimum atomic E-state index is -0.344. The summed E-state index contributed by atoms with van der Waals surface area (Å²) in [6.45, 7) is 1.69. The van der Waals surface area contributed by atoms with Gasteiger partial charge in [0.1, 0.15) is 5.82 Å². The molecule has 1 heterocycles. The van der Waals surface area contributed by atoms with Crippen molar-refractivity contribution in [3.8, 4) is 0 Å². The van der Waals surface area contributed by atoms with Crippen LogP contribution in [0, 0.1) is 12.7 Å². The smallest absolute Gasteiger partial charge is 0.228 e. The van der Waals surface area contributed by atoms with Crippen molar-refractivity contribution in [2.24, 2.45) is 0 Å². The Labute approximate surface area is 86.0 Å². The van der Waals surface area contributed by atoms with E-state index in [0.717, 1.165) is 0 Å². The number of benzene rings is 1. The standard InChI is InChI=1S/C11H9FN2O/c1-7-6-8(12)2-3-9(7)10(15)11-13-4-5-14-11/h2-6H,1H3,(H,13,14). The van der Waals surface area contributed by atoms with Gasteiger partial charge in [-0.25, -0.2) is 9.37 Å². The number of rotatable bonds is 2. The minimum absolute atomic E-state index is 0.225. The maximum Gasteiger partial charge on any atom is 0.228 e. The second-order valence-electron chi connectivity index (χ2n) is 3.23. The Balaban J connectivity index is 2.42. The average Bonchev–Trinajstić information content (AvgIpc) is 2.69. The molecule has 0 aliphatic heterocycles. The molecule has 0 bridgehead atoms. The number of aromatic amines is 1. The van der Waals surface area contributed by atoms with Crippen molar-refractivity contribution in [3.05, 3.63) is 53.4 Å². The number of H-pyrrole nitrogens is 1. The Morgan fingerprint density at radius 2 is 2.27 bits per heavy atom. The quantitative estimate of drug-likeness (QED) is 0.761. The summed E-state index contributed by atoms with van der Waals surface area (Å²) in [4.78, 5) is 18.4. The molecule has 15 heavy (non-hydrogen) atoms. The number of halogens is 1. The Morgan fingerprint density at radius 1 is 1.47 bits per heavy atom. The zero-order valence-electron chi connectivity index (χ0n) is 8.12. The molecule has 0 unspecified atom stereocenters. The zero-order chi connectivity index (χ0) is 10.8. The molecule has 0 aliphatic carbocycles. The monoisotopic (exact) mass is 204 g/mol. The molecule has 2 aromatic rings. The largest absolute Gasteiger partial charge is 0.342 e. The van der Waals surface area contributed by atoms with Gasteiger partial charge in [0.2, 0.25) is 5.78 Å². The first kappa shape index (κ1) is 9.58. The molecule has 0 saturated heterocycles. The third kappa shape index (κ3) is 1.79. The van der Waals surface area contributed by atoms with Gasteiger partial charge in [0, 0.05) is 18.0 Å². The molecule has 4 heteroatoms. The Hall–Kier alpha value is -1.97. The number of nitrogens with one attached hydrogen (secondary N) is 1. The van der Waals surface area contributed by atoms with E-state index in [1.54, 1.807) is 13.1 Å². The van der Waals surface area contributed by atoms with Gasteiger partial charge in [-0.05, 0) is 30.7 Å². The van der Waals surface area contributed by atoms with E-state index >= 15 is 0 Å². The van der Waals surface area contributed by atoms with Gasteiger partial charge in [-0.15, -0.1) is 0 Å². The van der Waals surface area contributed by atoms with Gasteiger partial charge in [-0.3, -0.25) is 4.79 Å². The van der Waals surface area contributed by atoms with Gasteiger partial charge in [-0.1, -0.05) is 0 Å². The topological polar surface area (TPSA) is 45.8 Å². The molecule has 0 radical (unpaired) electrons. The van der Waals surface area contributed by atoms with E-state index in [4.69, 9.17) is 0 Å². The lowest BCUT2D eigenvalue weighted by Gasteiger charge is -2.02. The summed E-state index contributed by atoms with van der Waals surface area (Å²) in [5, 5.41) is 0. The van der Waals surface area contributed by atoms with Crippen molar-refractivity contribution >= 4 is 5.78 Å². The summed E-state index contributed by atoms with van der Waals surface area (Å²) in [7, 11) is 0. The van der Waals surface area contributed by atoms with Gasteiger partial charge >= 0.3 is 0 Å². The Morgan fingerprint density at radius 3 is 2.87 bits per heavy atom. The van der Waals surface area contributed by atoms with Crippen LogP contribution in [0.3, 0.4) is 0 Å². The summed E-state index contributed by atoms with van der Waals surface area (Å²) in [5.41, 5.74) is 1.07. The molecular weight excluding hydrogens is 195 g/mol. The summed E-state index contributed by atoms with van der Waals surface area (Å²) in [5.74, 6) is -0.300. The molecule has 1 N–H and O–H groups in total. The number of nitrogens with zero attached hydrogens (tertiary/aromatic N) is 1. The highest BCUT2D eigenvalue weighted by atomic mass is 19.1. The van der Waals surface area contributed by atoms with E-state index in [9.17, 15) is 9.18 Å². The number of carbonyl (C=O) groups excluding carboxylic acids is 1. The summed E-state index contributed by atoms with van der Waals surface area (Å²) < 4.78 is 12.8. The summed E-state index contributed by atoms with van der Waals surface area (Å²) in [6.07, 6.45) is 3.08. The van der Waals surface area contributed by atoms with Crippen LogP contribution in [0.25, 0.3) is 0 Å². The highest BCUT2D eigenvalue weighted by Gasteiger charge is 2.13. The van der Waals surface area contributed by atoms with E-state index in [0.29, 0.717) is 11.1 Å². The van der Waals surface area contributed by atoms with Crippen LogP contribution in [0.1, 0.15) is 21.7 Å². The first-order valence-electron chi connectivity index (χ1n) is 4.48. The molecular formula is C11H9FN2O. The fourth-order valence-corrected chi connectivity index (χ4v) is 1.40. The second kappa shape index (κ2) is 3.65. The van der Waals surface area contributed by atoms with Gasteiger partial charge in [-0.2, -0.15) is 0 Å². The van der Waals surface area contributed by atoms with Crippen LogP contribution < -0.4 is 0 Å². The van der Waals surface area contributed by atoms with Crippen LogP contribution in [-0.4, -0.2) is 15.8 Å². The van der Waals surface area contributed by atoms with Crippen molar-refractivity contribution < 1.29 is 9.18 Å². The van der Waals surface area contributed by atoms with Gasteiger partial charge in [0.15, 0.2) is 5.82 Å². The normalized spacial score (nSPS) is 10.3. The number of hydrogen-bond donors (Lipinski definition) is 1. The molecule has 1 aromatic carbocycles. The number of carbonyl (C=O) groups is 1. The molecule has 0 atom stereocenters. The van der Waals surface area contributed by atoms with Crippen molar-refractivity contribution in [2.75, 3.05) is 0 Å². The number of ketones is 1. The lowest BCUT2D eigenvalue weighted by molar-refractivity contribution is 0.102. The molecule has 0 saturated carbocycles. The summed E-state index contributed by atoms with van der Waals surface area (Å²) >= 11 is 0. The van der Waals surface area contributed by atoms with Crippen molar-refractivity contribution in [2.45, 2.75) is 6.92 Å². The maximum atomic E-state index is 12.8. The van der Waals surface area contributed by atoms with Gasteiger partial charge < -0.3 is 4.98 Å². The van der Waals surface area contributed by atoms with Gasteiger partial charge in [0.05, 0.1) is 0 Å². The SMILES string of the molecule is Cc1cc(F)ccc1C(=O)c1ncc[nH]1. The van der Waals surface area contributed by atoms with Crippen LogP contribution >= 0.6 is 0 Å². The van der Waals surface area contributed by atoms with E-state index in [1.807, 2.05) is 0 Å². The van der Waals surface area contributed by atoms with Crippen molar-refractivity contribution in [1.29, 1.82) is 0 Å². The van der Waals surface area contributed by atoms with E-state index < -0.39 is 0 Å². The fourth-order valence-electron chi connectivity index (χ4n) is 1.40. The van der Waals surface area contributed by atoms with E-state index in [2.05, 4.69) is 9.97 Å². The second-order valence-corrected chi connectivity index (χ2v) is 3.23. The average molecular weight is 204 g/mol. The first-order valence-corrected chi connectivity index (χ1v) is 4.48. The third-order valence-corrected chi connectivity index (χ3v) is 2.15. The predicted octanol–water partition coefficient (Wildman–Crippen LogP) is 2.09. The number of aromatic nitrogens is 2. The van der Waals surface area contributed by atoms with Crippen molar-refractivity contribution in [3.63, 3.8) is 0 Å². The zero-order valence-corrected chi connectivity index (χ0v) is 8.12. The van der Waals surface area contributed by atoms with Gasteiger partial charge in [0.25, 0.3) is 0 Å². The summed E-state index contributed by atoms with van der Waals surface area (Å²) in [6, 6.07) is 4.06. The van der Waals surface area contributed by atoms with Crippen LogP contribution in [0.5, 0.6) is 0 Å². The van der Waals surface area contributed by atoms with Crippen molar-refractivity contribution in [1.82, 2.24) is 9.97 Å². The molecule has 0 amide bonds. The third-order valence-electron chi connectivity index (χ3n) is 2.15. The maximum absolute atomic E-state index is 12.8. The lowest BCUT2D eigenvalue weighted by atomic mass is 10.0. The highest BCUT2D eigenvalue weighted by Crippen LogP contribution is 2.13. The van der Waals surface area contributed by atoms with Crippen LogP contribution in [0.15, 0.2) is 30.6 Å². The highest BCUT2D eigenvalue weighted by molar-refractivity contribution is 6.07. The molecule has 0 aliphatic rings. The van der Waals surface area contributed by atoms with E-state index in [1.165, 1.54) is 24.4 Å². The molecule has 2 rings (SSSR count). The van der Waals surface area contributed by atoms with Crippen LogP contribution in [0.4, 0.5) is 4.39 Å². The molecule has 0 fully saturated rings. The Kier molecular flexibility index (Phi) is 2.33. The first-order chi connectivity index (χ1) is 7.18. The van der Waals surface area contributed by atoms with Crippen LogP contribution in [0.2, 0.25) is 0 Å². The molecule has 0 spiro atoms. The Bertz CT molecular complexity index is 491. The molecule has 3 nitrogen and oxygen atoms in total. The predicted molar refractivity (Wildman–Crippen MR) is 53.2 cm³/mol. The van der Waals surface area contributed by atoms with E-state index in [-0.39, 0.29) is 17.4 Å². The molecule has 76 valence electrons. The number of hydrogen-bond acceptors (Lipinski definition) is 2. The molecule has 1 aromatic heterocycles. The van der Waals surface area contributed by atoms with Crippen LogP contribution in [-0.2, 0) is 0 Å². The number of aryl methyl sites for hydroxylation is 1. The lowest BCUT2D eigenvalue weighted by Crippen LogP contribution is -2.05. The number of imidazole rings is 1. The minimum Gasteiger partial charge on any atom is -0.342 e. The fraction of sp³-hybridized carbons (Fsp3) is 0.0909.